The van der Waals surface area contributed by atoms with Crippen molar-refractivity contribution in [3.8, 4) is 17.2 Å². The van der Waals surface area contributed by atoms with Crippen molar-refractivity contribution in [1.82, 2.24) is 0 Å². The standard InChI is InChI=1S/C26H27NO6/c1-6-14-33-22-13-8-18(16-23(22)31-5)15-21-24(26(29)32-7-2)17(3)27(25(21)28)19-9-11-20(30-4)12-10-19/h6,8-13,15-16H,1,7,14H2,2-5H3/b21-15-. The van der Waals surface area contributed by atoms with Gasteiger partial charge in [0.2, 0.25) is 0 Å². The van der Waals surface area contributed by atoms with Gasteiger partial charge in [-0.3, -0.25) is 9.69 Å². The van der Waals surface area contributed by atoms with Gasteiger partial charge in [-0.05, 0) is 61.9 Å². The van der Waals surface area contributed by atoms with E-state index in [0.717, 1.165) is 0 Å². The van der Waals surface area contributed by atoms with Crippen LogP contribution in [-0.4, -0.2) is 39.3 Å². The Morgan fingerprint density at radius 3 is 2.39 bits per heavy atom. The lowest BCUT2D eigenvalue weighted by Gasteiger charge is -2.18. The molecule has 1 heterocycles. The lowest BCUT2D eigenvalue weighted by Crippen LogP contribution is -2.24. The first-order valence-electron chi connectivity index (χ1n) is 10.4. The quantitative estimate of drug-likeness (QED) is 0.318. The average Bonchev–Trinajstić information content (AvgIpc) is 3.07. The van der Waals surface area contributed by atoms with E-state index in [2.05, 4.69) is 6.58 Å². The number of amides is 1. The zero-order valence-corrected chi connectivity index (χ0v) is 19.2. The number of hydrogen-bond donors (Lipinski definition) is 0. The molecule has 0 saturated carbocycles. The fourth-order valence-corrected chi connectivity index (χ4v) is 3.53. The first kappa shape index (κ1) is 23.7. The number of allylic oxidation sites excluding steroid dienone is 1. The Morgan fingerprint density at radius 2 is 1.79 bits per heavy atom. The van der Waals surface area contributed by atoms with E-state index in [-0.39, 0.29) is 23.7 Å². The molecule has 1 aliphatic heterocycles. The number of hydrogen-bond acceptors (Lipinski definition) is 6. The number of rotatable bonds is 9. The summed E-state index contributed by atoms with van der Waals surface area (Å²) in [6.07, 6.45) is 3.29. The van der Waals surface area contributed by atoms with E-state index in [1.807, 2.05) is 0 Å². The number of ether oxygens (including phenoxy) is 4. The van der Waals surface area contributed by atoms with Crippen LogP contribution >= 0.6 is 0 Å². The zero-order chi connectivity index (χ0) is 24.0. The van der Waals surface area contributed by atoms with Crippen molar-refractivity contribution in [1.29, 1.82) is 0 Å². The third kappa shape index (κ3) is 4.92. The average molecular weight is 450 g/mol. The number of esters is 1. The molecule has 0 aliphatic carbocycles. The number of methoxy groups -OCH3 is 2. The molecule has 2 aromatic carbocycles. The number of nitrogens with zero attached hydrogens (tertiary/aromatic N) is 1. The number of benzene rings is 2. The van der Waals surface area contributed by atoms with Gasteiger partial charge in [-0.1, -0.05) is 18.7 Å². The van der Waals surface area contributed by atoms with Crippen molar-refractivity contribution >= 4 is 23.6 Å². The Balaban J connectivity index is 2.07. The highest BCUT2D eigenvalue weighted by atomic mass is 16.5. The Kier molecular flexibility index (Phi) is 7.56. The molecule has 0 aromatic heterocycles. The fraction of sp³-hybridized carbons (Fsp3) is 0.231. The Hall–Kier alpha value is -4.00. The summed E-state index contributed by atoms with van der Waals surface area (Å²) < 4.78 is 21.5. The van der Waals surface area contributed by atoms with Gasteiger partial charge in [-0.15, -0.1) is 0 Å². The van der Waals surface area contributed by atoms with Crippen LogP contribution in [0.4, 0.5) is 5.69 Å². The molecular weight excluding hydrogens is 422 g/mol. The first-order chi connectivity index (χ1) is 15.9. The van der Waals surface area contributed by atoms with Gasteiger partial charge in [-0.2, -0.15) is 0 Å². The number of anilines is 1. The van der Waals surface area contributed by atoms with Crippen LogP contribution in [-0.2, 0) is 14.3 Å². The van der Waals surface area contributed by atoms with Gasteiger partial charge < -0.3 is 18.9 Å². The SMILES string of the molecule is C=CCOc1ccc(/C=C2\C(=O)N(c3ccc(OC)cc3)C(C)=C2C(=O)OCC)cc1OC. The lowest BCUT2D eigenvalue weighted by molar-refractivity contribution is -0.138. The third-order valence-electron chi connectivity index (χ3n) is 5.07. The van der Waals surface area contributed by atoms with Gasteiger partial charge in [0.05, 0.1) is 32.0 Å². The van der Waals surface area contributed by atoms with Gasteiger partial charge in [0.15, 0.2) is 11.5 Å². The van der Waals surface area contributed by atoms with Crippen LogP contribution in [0, 0.1) is 0 Å². The van der Waals surface area contributed by atoms with Gasteiger partial charge >= 0.3 is 5.97 Å². The normalized spacial score (nSPS) is 14.5. The maximum atomic E-state index is 13.5. The Bertz CT molecular complexity index is 1110. The summed E-state index contributed by atoms with van der Waals surface area (Å²) in [6.45, 7) is 7.62. The summed E-state index contributed by atoms with van der Waals surface area (Å²) >= 11 is 0. The zero-order valence-electron chi connectivity index (χ0n) is 19.2. The van der Waals surface area contributed by atoms with Gasteiger partial charge in [-0.25, -0.2) is 4.79 Å². The molecule has 0 saturated heterocycles. The second-order valence-electron chi connectivity index (χ2n) is 7.09. The molecule has 0 spiro atoms. The lowest BCUT2D eigenvalue weighted by atomic mass is 10.0. The van der Waals surface area contributed by atoms with Crippen LogP contribution in [0.3, 0.4) is 0 Å². The molecule has 0 N–H and O–H groups in total. The van der Waals surface area contributed by atoms with Crippen molar-refractivity contribution < 1.29 is 28.5 Å². The molecule has 0 radical (unpaired) electrons. The van der Waals surface area contributed by atoms with Crippen molar-refractivity contribution in [3.63, 3.8) is 0 Å². The maximum absolute atomic E-state index is 13.5. The minimum atomic E-state index is -0.552. The van der Waals surface area contributed by atoms with Gasteiger partial charge in [0.1, 0.15) is 12.4 Å². The van der Waals surface area contributed by atoms with Crippen LogP contribution in [0.15, 0.2) is 72.0 Å². The summed E-state index contributed by atoms with van der Waals surface area (Å²) in [4.78, 5) is 27.8. The van der Waals surface area contributed by atoms with Crippen molar-refractivity contribution in [2.45, 2.75) is 13.8 Å². The molecule has 2 aromatic rings. The first-order valence-corrected chi connectivity index (χ1v) is 10.4. The topological polar surface area (TPSA) is 74.3 Å². The Morgan fingerprint density at radius 1 is 1.06 bits per heavy atom. The van der Waals surface area contributed by atoms with Crippen LogP contribution in [0.1, 0.15) is 19.4 Å². The molecule has 0 unspecified atom stereocenters. The second kappa shape index (κ2) is 10.5. The highest BCUT2D eigenvalue weighted by molar-refractivity contribution is 6.23. The molecule has 0 fully saturated rings. The molecule has 7 heteroatoms. The molecule has 172 valence electrons. The van der Waals surface area contributed by atoms with E-state index < -0.39 is 5.97 Å². The van der Waals surface area contributed by atoms with Crippen molar-refractivity contribution in [2.24, 2.45) is 0 Å². The molecule has 1 amide bonds. The number of carbonyl (C=O) groups is 2. The largest absolute Gasteiger partial charge is 0.497 e. The molecule has 0 atom stereocenters. The predicted molar refractivity (Wildman–Crippen MR) is 126 cm³/mol. The minimum absolute atomic E-state index is 0.197. The van der Waals surface area contributed by atoms with E-state index in [1.165, 1.54) is 12.0 Å². The molecular formula is C26H27NO6. The van der Waals surface area contributed by atoms with E-state index >= 15 is 0 Å². The van der Waals surface area contributed by atoms with Gasteiger partial charge in [0, 0.05) is 11.4 Å². The van der Waals surface area contributed by atoms with Gasteiger partial charge in [0.25, 0.3) is 5.91 Å². The van der Waals surface area contributed by atoms with E-state index in [9.17, 15) is 9.59 Å². The second-order valence-corrected chi connectivity index (χ2v) is 7.09. The molecule has 1 aliphatic rings. The van der Waals surface area contributed by atoms with Crippen LogP contribution in [0.25, 0.3) is 6.08 Å². The van der Waals surface area contributed by atoms with E-state index in [0.29, 0.717) is 40.8 Å². The molecule has 0 bridgehead atoms. The summed E-state index contributed by atoms with van der Waals surface area (Å²) in [5.74, 6) is 0.839. The maximum Gasteiger partial charge on any atom is 0.340 e. The predicted octanol–water partition coefficient (Wildman–Crippen LogP) is 4.54. The third-order valence-corrected chi connectivity index (χ3v) is 5.07. The minimum Gasteiger partial charge on any atom is -0.497 e. The van der Waals surface area contributed by atoms with Crippen LogP contribution in [0.5, 0.6) is 17.2 Å². The fourth-order valence-electron chi connectivity index (χ4n) is 3.53. The molecule has 7 nitrogen and oxygen atoms in total. The smallest absolute Gasteiger partial charge is 0.340 e. The van der Waals surface area contributed by atoms with Crippen LogP contribution in [0.2, 0.25) is 0 Å². The summed E-state index contributed by atoms with van der Waals surface area (Å²) in [7, 11) is 3.11. The highest BCUT2D eigenvalue weighted by Gasteiger charge is 2.38. The highest BCUT2D eigenvalue weighted by Crippen LogP contribution is 2.37. The van der Waals surface area contributed by atoms with Crippen LogP contribution < -0.4 is 19.1 Å². The number of carbonyl (C=O) groups excluding carboxylic acids is 2. The summed E-state index contributed by atoms with van der Waals surface area (Å²) in [5.41, 5.74) is 2.25. The summed E-state index contributed by atoms with van der Waals surface area (Å²) in [5, 5.41) is 0. The van der Waals surface area contributed by atoms with E-state index in [4.69, 9.17) is 18.9 Å². The molecule has 3 rings (SSSR count). The van der Waals surface area contributed by atoms with Crippen molar-refractivity contribution in [3.05, 3.63) is 77.5 Å². The monoisotopic (exact) mass is 449 g/mol. The Labute approximate surface area is 193 Å². The van der Waals surface area contributed by atoms with E-state index in [1.54, 1.807) is 75.6 Å². The molecule has 33 heavy (non-hydrogen) atoms. The van der Waals surface area contributed by atoms with Crippen molar-refractivity contribution in [2.75, 3.05) is 32.3 Å². The summed E-state index contributed by atoms with van der Waals surface area (Å²) in [6, 6.07) is 12.3.